The van der Waals surface area contributed by atoms with Crippen molar-refractivity contribution in [1.82, 2.24) is 20.9 Å². The number of nitrogens with zero attached hydrogens (tertiary/aromatic N) is 1. The number of amides is 2. The lowest BCUT2D eigenvalue weighted by Crippen LogP contribution is -2.46. The standard InChI is InChI=1S/C17H24Cl2N4O2.ClH/c1-12(22-17(25)13-4-2-5-14(18)15(13)19)16(24)21-6-3-9-23-10-7-20-8-11-23;/h2,4-5,12,20H,3,6-11H2,1H3,(H,21,24)(H,22,25);1H. The van der Waals surface area contributed by atoms with Gasteiger partial charge in [0.2, 0.25) is 5.91 Å². The summed E-state index contributed by atoms with van der Waals surface area (Å²) in [4.78, 5) is 26.7. The first kappa shape index (κ1) is 23.0. The van der Waals surface area contributed by atoms with Crippen LogP contribution in [0.5, 0.6) is 0 Å². The summed E-state index contributed by atoms with van der Waals surface area (Å²) in [7, 11) is 0. The Labute approximate surface area is 170 Å². The summed E-state index contributed by atoms with van der Waals surface area (Å²) in [6.45, 7) is 7.30. The van der Waals surface area contributed by atoms with E-state index in [1.807, 2.05) is 0 Å². The Bertz CT molecular complexity index is 610. The molecule has 1 aromatic carbocycles. The Hall–Kier alpha value is -1.05. The molecule has 26 heavy (non-hydrogen) atoms. The molecule has 146 valence electrons. The van der Waals surface area contributed by atoms with Gasteiger partial charge in [0.25, 0.3) is 5.91 Å². The van der Waals surface area contributed by atoms with E-state index in [0.717, 1.165) is 39.1 Å². The molecule has 3 N–H and O–H groups in total. The van der Waals surface area contributed by atoms with Crippen molar-refractivity contribution in [3.8, 4) is 0 Å². The molecule has 1 fully saturated rings. The summed E-state index contributed by atoms with van der Waals surface area (Å²) >= 11 is 11.9. The molecule has 1 saturated heterocycles. The van der Waals surface area contributed by atoms with E-state index in [1.165, 1.54) is 0 Å². The Morgan fingerprint density at radius 3 is 2.65 bits per heavy atom. The maximum Gasteiger partial charge on any atom is 0.253 e. The predicted molar refractivity (Wildman–Crippen MR) is 108 cm³/mol. The predicted octanol–water partition coefficient (Wildman–Crippen LogP) is 1.94. The average molecular weight is 424 g/mol. The van der Waals surface area contributed by atoms with Crippen LogP contribution in [0.2, 0.25) is 10.0 Å². The second kappa shape index (κ2) is 11.6. The maximum absolute atomic E-state index is 12.2. The second-order valence-electron chi connectivity index (χ2n) is 6.03. The van der Waals surface area contributed by atoms with Gasteiger partial charge >= 0.3 is 0 Å². The minimum atomic E-state index is -0.651. The maximum atomic E-state index is 12.2. The molecule has 0 bridgehead atoms. The normalized spacial score (nSPS) is 15.7. The Morgan fingerprint density at radius 2 is 1.96 bits per heavy atom. The van der Waals surface area contributed by atoms with E-state index in [1.54, 1.807) is 25.1 Å². The average Bonchev–Trinajstić information content (AvgIpc) is 2.61. The Balaban J connectivity index is 0.00000338. The Kier molecular flexibility index (Phi) is 10.3. The third-order valence-corrected chi connectivity index (χ3v) is 4.92. The highest BCUT2D eigenvalue weighted by Crippen LogP contribution is 2.25. The van der Waals surface area contributed by atoms with Crippen LogP contribution in [0.15, 0.2) is 18.2 Å². The summed E-state index contributed by atoms with van der Waals surface area (Å²) in [5.41, 5.74) is 0.257. The van der Waals surface area contributed by atoms with Crippen LogP contribution in [0.3, 0.4) is 0 Å². The second-order valence-corrected chi connectivity index (χ2v) is 6.82. The van der Waals surface area contributed by atoms with Gasteiger partial charge in [-0.3, -0.25) is 9.59 Å². The van der Waals surface area contributed by atoms with Crippen molar-refractivity contribution >= 4 is 47.4 Å². The van der Waals surface area contributed by atoms with E-state index in [-0.39, 0.29) is 28.9 Å². The number of nitrogens with one attached hydrogen (secondary N) is 3. The molecule has 6 nitrogen and oxygen atoms in total. The zero-order valence-electron chi connectivity index (χ0n) is 14.7. The van der Waals surface area contributed by atoms with Crippen molar-refractivity contribution in [2.75, 3.05) is 39.3 Å². The zero-order valence-corrected chi connectivity index (χ0v) is 17.0. The first-order valence-electron chi connectivity index (χ1n) is 8.44. The smallest absolute Gasteiger partial charge is 0.253 e. The van der Waals surface area contributed by atoms with E-state index in [2.05, 4.69) is 20.9 Å². The minimum Gasteiger partial charge on any atom is -0.354 e. The van der Waals surface area contributed by atoms with Crippen molar-refractivity contribution in [3.05, 3.63) is 33.8 Å². The molecule has 0 aromatic heterocycles. The number of carbonyl (C=O) groups is 2. The van der Waals surface area contributed by atoms with Gasteiger partial charge in [-0.05, 0) is 32.0 Å². The fraction of sp³-hybridized carbons (Fsp3) is 0.529. The number of halogens is 3. The van der Waals surface area contributed by atoms with Gasteiger partial charge in [-0.25, -0.2) is 0 Å². The number of benzene rings is 1. The van der Waals surface area contributed by atoms with E-state index < -0.39 is 11.9 Å². The molecule has 1 heterocycles. The molecule has 2 amide bonds. The van der Waals surface area contributed by atoms with E-state index in [0.29, 0.717) is 11.6 Å². The van der Waals surface area contributed by atoms with Gasteiger partial charge in [0, 0.05) is 32.7 Å². The molecule has 1 unspecified atom stereocenters. The highest BCUT2D eigenvalue weighted by Gasteiger charge is 2.19. The molecule has 1 aliphatic rings. The lowest BCUT2D eigenvalue weighted by Gasteiger charge is -2.27. The summed E-state index contributed by atoms with van der Waals surface area (Å²) in [6.07, 6.45) is 0.881. The third kappa shape index (κ3) is 6.93. The molecular weight excluding hydrogens is 399 g/mol. The number of hydrogen-bond acceptors (Lipinski definition) is 4. The van der Waals surface area contributed by atoms with Gasteiger partial charge in [-0.15, -0.1) is 12.4 Å². The summed E-state index contributed by atoms with van der Waals surface area (Å²) in [6, 6.07) is 4.17. The van der Waals surface area contributed by atoms with Crippen LogP contribution in [-0.4, -0.2) is 62.0 Å². The summed E-state index contributed by atoms with van der Waals surface area (Å²) in [5.74, 6) is -0.636. The molecule has 0 radical (unpaired) electrons. The monoisotopic (exact) mass is 422 g/mol. The molecule has 0 spiro atoms. The molecule has 0 aliphatic carbocycles. The van der Waals surface area contributed by atoms with E-state index in [9.17, 15) is 9.59 Å². The third-order valence-electron chi connectivity index (χ3n) is 4.10. The van der Waals surface area contributed by atoms with Crippen LogP contribution < -0.4 is 16.0 Å². The van der Waals surface area contributed by atoms with Crippen molar-refractivity contribution in [2.24, 2.45) is 0 Å². The number of rotatable bonds is 7. The lowest BCUT2D eigenvalue weighted by molar-refractivity contribution is -0.122. The van der Waals surface area contributed by atoms with Gasteiger partial charge in [0.05, 0.1) is 15.6 Å². The zero-order chi connectivity index (χ0) is 18.2. The molecule has 1 atom stereocenters. The van der Waals surface area contributed by atoms with Gasteiger partial charge in [-0.2, -0.15) is 0 Å². The summed E-state index contributed by atoms with van der Waals surface area (Å²) < 4.78 is 0. The number of carbonyl (C=O) groups excluding carboxylic acids is 2. The first-order valence-corrected chi connectivity index (χ1v) is 9.20. The van der Waals surface area contributed by atoms with Crippen LogP contribution in [-0.2, 0) is 4.79 Å². The lowest BCUT2D eigenvalue weighted by atomic mass is 10.2. The fourth-order valence-electron chi connectivity index (χ4n) is 2.62. The van der Waals surface area contributed by atoms with Gasteiger partial charge < -0.3 is 20.9 Å². The van der Waals surface area contributed by atoms with Crippen LogP contribution in [0.1, 0.15) is 23.7 Å². The Morgan fingerprint density at radius 1 is 1.27 bits per heavy atom. The molecule has 0 saturated carbocycles. The van der Waals surface area contributed by atoms with Crippen LogP contribution >= 0.6 is 35.6 Å². The van der Waals surface area contributed by atoms with Crippen molar-refractivity contribution in [2.45, 2.75) is 19.4 Å². The number of hydrogen-bond donors (Lipinski definition) is 3. The van der Waals surface area contributed by atoms with E-state index in [4.69, 9.17) is 23.2 Å². The fourth-order valence-corrected chi connectivity index (χ4v) is 3.01. The van der Waals surface area contributed by atoms with Crippen molar-refractivity contribution < 1.29 is 9.59 Å². The van der Waals surface area contributed by atoms with Crippen LogP contribution in [0.25, 0.3) is 0 Å². The molecule has 9 heteroatoms. The molecular formula is C17H25Cl3N4O2. The topological polar surface area (TPSA) is 73.5 Å². The molecule has 1 aromatic rings. The summed E-state index contributed by atoms with van der Waals surface area (Å²) in [5, 5.41) is 9.29. The van der Waals surface area contributed by atoms with Gasteiger partial charge in [0.15, 0.2) is 0 Å². The first-order chi connectivity index (χ1) is 12.0. The molecule has 1 aliphatic heterocycles. The van der Waals surface area contributed by atoms with E-state index >= 15 is 0 Å². The highest BCUT2D eigenvalue weighted by atomic mass is 35.5. The van der Waals surface area contributed by atoms with Crippen LogP contribution in [0.4, 0.5) is 0 Å². The van der Waals surface area contributed by atoms with Gasteiger partial charge in [-0.1, -0.05) is 29.3 Å². The van der Waals surface area contributed by atoms with Crippen molar-refractivity contribution in [1.29, 1.82) is 0 Å². The van der Waals surface area contributed by atoms with Crippen molar-refractivity contribution in [3.63, 3.8) is 0 Å². The quantitative estimate of drug-likeness (QED) is 0.586. The largest absolute Gasteiger partial charge is 0.354 e. The van der Waals surface area contributed by atoms with Crippen LogP contribution in [0, 0.1) is 0 Å². The molecule has 2 rings (SSSR count). The SMILES string of the molecule is CC(NC(=O)c1cccc(Cl)c1Cl)C(=O)NCCCN1CCNCC1.Cl. The highest BCUT2D eigenvalue weighted by molar-refractivity contribution is 6.43. The van der Waals surface area contributed by atoms with Gasteiger partial charge in [0.1, 0.15) is 6.04 Å². The number of piperazine rings is 1. The minimum absolute atomic E-state index is 0.